The summed E-state index contributed by atoms with van der Waals surface area (Å²) >= 11 is 0. The van der Waals surface area contributed by atoms with E-state index < -0.39 is 0 Å². The number of nitrogens with zero attached hydrogens (tertiary/aromatic N) is 2. The summed E-state index contributed by atoms with van der Waals surface area (Å²) < 4.78 is 6.67. The van der Waals surface area contributed by atoms with Crippen LogP contribution in [-0.4, -0.2) is 36.1 Å². The first-order valence-electron chi connectivity index (χ1n) is 9.49. The number of aromatic nitrogens is 1. The first-order valence-corrected chi connectivity index (χ1v) is 9.49. The van der Waals surface area contributed by atoms with E-state index in [2.05, 4.69) is 61.1 Å². The summed E-state index contributed by atoms with van der Waals surface area (Å²) in [5.41, 5.74) is 5.51. The van der Waals surface area contributed by atoms with Crippen LogP contribution >= 0.6 is 0 Å². The van der Waals surface area contributed by atoms with Crippen molar-refractivity contribution in [2.75, 3.05) is 20.1 Å². The maximum Gasteiger partial charge on any atom is 0.132 e. The van der Waals surface area contributed by atoms with E-state index in [1.165, 1.54) is 16.7 Å². The zero-order valence-electron chi connectivity index (χ0n) is 16.1. The third-order valence-corrected chi connectivity index (χ3v) is 5.67. The number of benzene rings is 2. The Morgan fingerprint density at radius 3 is 2.67 bits per heavy atom. The Hall–Kier alpha value is -2.77. The fourth-order valence-corrected chi connectivity index (χ4v) is 4.23. The van der Waals surface area contributed by atoms with Crippen LogP contribution in [0.15, 0.2) is 42.6 Å². The van der Waals surface area contributed by atoms with E-state index in [0.29, 0.717) is 5.56 Å². The van der Waals surface area contributed by atoms with Gasteiger partial charge in [-0.1, -0.05) is 18.2 Å². The molecule has 1 saturated heterocycles. The lowest BCUT2D eigenvalue weighted by atomic mass is 9.87. The second kappa shape index (κ2) is 7.09. The predicted octanol–water partition coefficient (Wildman–Crippen LogP) is 4.52. The number of nitriles is 1. The Morgan fingerprint density at radius 1 is 1.15 bits per heavy atom. The average molecular weight is 359 g/mol. The minimum Gasteiger partial charge on any atom is -0.489 e. The van der Waals surface area contributed by atoms with E-state index in [9.17, 15) is 0 Å². The molecule has 27 heavy (non-hydrogen) atoms. The van der Waals surface area contributed by atoms with Crippen molar-refractivity contribution in [2.24, 2.45) is 0 Å². The summed E-state index contributed by atoms with van der Waals surface area (Å²) in [6, 6.07) is 14.5. The van der Waals surface area contributed by atoms with Crippen molar-refractivity contribution in [3.8, 4) is 11.8 Å². The molecular weight excluding hydrogens is 334 g/mol. The monoisotopic (exact) mass is 359 g/mol. The predicted molar refractivity (Wildman–Crippen MR) is 108 cm³/mol. The fourth-order valence-electron chi connectivity index (χ4n) is 4.23. The fraction of sp³-hybridized carbons (Fsp3) is 0.348. The minimum absolute atomic E-state index is 0.119. The van der Waals surface area contributed by atoms with Crippen molar-refractivity contribution in [3.63, 3.8) is 0 Å². The van der Waals surface area contributed by atoms with Crippen molar-refractivity contribution < 1.29 is 4.74 Å². The molecule has 3 aromatic rings. The van der Waals surface area contributed by atoms with Gasteiger partial charge in [0.15, 0.2) is 0 Å². The number of aryl methyl sites for hydroxylation is 2. The Balaban J connectivity index is 1.69. The maximum absolute atomic E-state index is 9.07. The van der Waals surface area contributed by atoms with E-state index in [1.54, 1.807) is 0 Å². The van der Waals surface area contributed by atoms with Crippen LogP contribution in [0.4, 0.5) is 0 Å². The van der Waals surface area contributed by atoms with Crippen molar-refractivity contribution >= 4 is 10.9 Å². The molecular formula is C23H25N3O. The van der Waals surface area contributed by atoms with E-state index in [1.807, 2.05) is 18.3 Å². The third-order valence-electron chi connectivity index (χ3n) is 5.67. The highest BCUT2D eigenvalue weighted by Gasteiger charge is 2.31. The molecule has 1 aliphatic rings. The van der Waals surface area contributed by atoms with Crippen LogP contribution in [-0.2, 0) is 0 Å². The summed E-state index contributed by atoms with van der Waals surface area (Å²) in [7, 11) is 2.16. The van der Waals surface area contributed by atoms with Crippen molar-refractivity contribution in [1.29, 1.82) is 5.26 Å². The Bertz CT molecular complexity index is 997. The summed E-state index contributed by atoms with van der Waals surface area (Å²) in [5, 5.41) is 10.2. The molecule has 1 aromatic heterocycles. The van der Waals surface area contributed by atoms with Crippen LogP contribution in [0.3, 0.4) is 0 Å². The number of H-pyrrole nitrogens is 1. The zero-order valence-corrected chi connectivity index (χ0v) is 16.1. The molecule has 0 radical (unpaired) electrons. The average Bonchev–Trinajstić information content (AvgIpc) is 3.16. The van der Waals surface area contributed by atoms with Crippen LogP contribution in [0.1, 0.15) is 34.6 Å². The van der Waals surface area contributed by atoms with Gasteiger partial charge in [-0.15, -0.1) is 0 Å². The molecule has 1 fully saturated rings. The maximum atomic E-state index is 9.07. The second-order valence-corrected chi connectivity index (χ2v) is 7.65. The number of aromatic amines is 1. The second-order valence-electron chi connectivity index (χ2n) is 7.65. The minimum atomic E-state index is 0.119. The van der Waals surface area contributed by atoms with Gasteiger partial charge in [0.1, 0.15) is 11.9 Å². The van der Waals surface area contributed by atoms with Gasteiger partial charge >= 0.3 is 0 Å². The van der Waals surface area contributed by atoms with Gasteiger partial charge in [0.25, 0.3) is 0 Å². The molecule has 0 spiro atoms. The summed E-state index contributed by atoms with van der Waals surface area (Å²) in [4.78, 5) is 5.69. The molecule has 2 aromatic carbocycles. The molecule has 1 N–H and O–H groups in total. The highest BCUT2D eigenvalue weighted by molar-refractivity contribution is 5.89. The van der Waals surface area contributed by atoms with E-state index in [-0.39, 0.29) is 12.0 Å². The molecule has 4 rings (SSSR count). The number of piperidine rings is 1. The highest BCUT2D eigenvalue weighted by atomic mass is 16.5. The smallest absolute Gasteiger partial charge is 0.132 e. The summed E-state index contributed by atoms with van der Waals surface area (Å²) in [6.45, 7) is 6.24. The van der Waals surface area contributed by atoms with Gasteiger partial charge in [-0.25, -0.2) is 0 Å². The van der Waals surface area contributed by atoms with Gasteiger partial charge in [0, 0.05) is 30.6 Å². The number of nitrogens with one attached hydrogen (secondary N) is 1. The molecule has 4 heteroatoms. The standard InChI is InChI=1S/C23H25N3O/c1-15-12-16(2)23(19-8-10-25-22(15)19)27-21-9-11-26(3)14-20(21)18-6-4-17(13-24)5-7-18/h4-8,10,12,20-21,25H,9,11,14H2,1-3H3/t20-,21+/m0/s1. The van der Waals surface area contributed by atoms with Gasteiger partial charge in [-0.3, -0.25) is 0 Å². The van der Waals surface area contributed by atoms with Gasteiger partial charge < -0.3 is 14.6 Å². The number of rotatable bonds is 3. The molecule has 138 valence electrons. The van der Waals surface area contributed by atoms with Crippen LogP contribution in [0.5, 0.6) is 5.75 Å². The van der Waals surface area contributed by atoms with E-state index in [4.69, 9.17) is 10.00 Å². The summed E-state index contributed by atoms with van der Waals surface area (Å²) in [6.07, 6.45) is 3.09. The summed E-state index contributed by atoms with van der Waals surface area (Å²) in [5.74, 6) is 1.27. The molecule has 0 unspecified atom stereocenters. The van der Waals surface area contributed by atoms with Crippen LogP contribution in [0.25, 0.3) is 10.9 Å². The number of fused-ring (bicyclic) bond motifs is 1. The van der Waals surface area contributed by atoms with Crippen LogP contribution in [0, 0.1) is 25.2 Å². The Kier molecular flexibility index (Phi) is 4.63. The first-order chi connectivity index (χ1) is 13.1. The largest absolute Gasteiger partial charge is 0.489 e. The topological polar surface area (TPSA) is 52.0 Å². The molecule has 2 heterocycles. The lowest BCUT2D eigenvalue weighted by Gasteiger charge is -2.37. The van der Waals surface area contributed by atoms with Crippen LogP contribution in [0.2, 0.25) is 0 Å². The van der Waals surface area contributed by atoms with Crippen molar-refractivity contribution in [1.82, 2.24) is 9.88 Å². The van der Waals surface area contributed by atoms with Gasteiger partial charge in [0.2, 0.25) is 0 Å². The zero-order chi connectivity index (χ0) is 19.0. The molecule has 0 bridgehead atoms. The van der Waals surface area contributed by atoms with Gasteiger partial charge in [-0.05, 0) is 62.2 Å². The number of likely N-dealkylation sites (N-methyl/N-ethyl adjacent to an activating group) is 1. The molecule has 2 atom stereocenters. The Labute approximate surface area is 160 Å². The quantitative estimate of drug-likeness (QED) is 0.748. The number of likely N-dealkylation sites (tertiary alicyclic amines) is 1. The molecule has 1 aliphatic heterocycles. The Morgan fingerprint density at radius 2 is 1.93 bits per heavy atom. The lowest BCUT2D eigenvalue weighted by Crippen LogP contribution is -2.42. The van der Waals surface area contributed by atoms with E-state index in [0.717, 1.165) is 36.2 Å². The molecule has 0 saturated carbocycles. The highest BCUT2D eigenvalue weighted by Crippen LogP contribution is 2.36. The number of hydrogen-bond donors (Lipinski definition) is 1. The molecule has 0 amide bonds. The lowest BCUT2D eigenvalue weighted by molar-refractivity contribution is 0.0909. The normalized spacial score (nSPS) is 20.5. The van der Waals surface area contributed by atoms with Gasteiger partial charge in [-0.2, -0.15) is 5.26 Å². The SMILES string of the molecule is Cc1cc(C)c2[nH]ccc2c1O[C@@H]1CCN(C)C[C@H]1c1ccc(C#N)cc1. The number of ether oxygens (including phenoxy) is 1. The van der Waals surface area contributed by atoms with Crippen LogP contribution < -0.4 is 4.74 Å². The van der Waals surface area contributed by atoms with E-state index >= 15 is 0 Å². The van der Waals surface area contributed by atoms with Crippen molar-refractivity contribution in [2.45, 2.75) is 32.3 Å². The molecule has 4 nitrogen and oxygen atoms in total. The number of hydrogen-bond acceptors (Lipinski definition) is 3. The first kappa shape index (κ1) is 17.6. The molecule has 0 aliphatic carbocycles. The third kappa shape index (κ3) is 3.31. The van der Waals surface area contributed by atoms with Gasteiger partial charge in [0.05, 0.1) is 17.1 Å². The van der Waals surface area contributed by atoms with Crippen molar-refractivity contribution in [3.05, 3.63) is 64.8 Å².